The maximum absolute atomic E-state index is 12.9. The van der Waals surface area contributed by atoms with Crippen LogP contribution in [0.3, 0.4) is 0 Å². The van der Waals surface area contributed by atoms with E-state index in [4.69, 9.17) is 0 Å². The van der Waals surface area contributed by atoms with Crippen LogP contribution in [0.5, 0.6) is 0 Å². The number of aryl methyl sites for hydroxylation is 1. The summed E-state index contributed by atoms with van der Waals surface area (Å²) in [7, 11) is -4.17. The highest BCUT2D eigenvalue weighted by Crippen LogP contribution is 2.32. The van der Waals surface area contributed by atoms with Crippen LogP contribution in [0.4, 0.5) is 18.9 Å². The van der Waals surface area contributed by atoms with Gasteiger partial charge in [-0.2, -0.15) is 13.2 Å². The van der Waals surface area contributed by atoms with Crippen molar-refractivity contribution in [2.75, 3.05) is 10.5 Å². The molecule has 28 heavy (non-hydrogen) atoms. The molecule has 0 bridgehead atoms. The predicted octanol–water partition coefficient (Wildman–Crippen LogP) is 4.48. The topological polar surface area (TPSA) is 64.0 Å². The first-order chi connectivity index (χ1) is 13.2. The van der Waals surface area contributed by atoms with Crippen molar-refractivity contribution in [3.05, 3.63) is 60.3 Å². The number of thioether (sulfide) groups is 1. The van der Waals surface area contributed by atoms with E-state index >= 15 is 0 Å². The fourth-order valence-electron chi connectivity index (χ4n) is 2.84. The zero-order valence-electron chi connectivity index (χ0n) is 14.3. The predicted molar refractivity (Wildman–Crippen MR) is 101 cm³/mol. The third-order valence-corrected chi connectivity index (χ3v) is 6.54. The smallest absolute Gasteiger partial charge is 0.325 e. The summed E-state index contributed by atoms with van der Waals surface area (Å²) in [5.74, 6) is 0.972. The lowest BCUT2D eigenvalue weighted by molar-refractivity contribution is -0.137. The highest BCUT2D eigenvalue weighted by molar-refractivity contribution is 7.99. The molecule has 2 heterocycles. The maximum Gasteiger partial charge on any atom is 0.416 e. The van der Waals surface area contributed by atoms with Gasteiger partial charge in [-0.3, -0.25) is 4.72 Å². The number of nitrogens with one attached hydrogen (secondary N) is 1. The molecule has 0 aliphatic carbocycles. The lowest BCUT2D eigenvalue weighted by atomic mass is 10.1. The van der Waals surface area contributed by atoms with Crippen molar-refractivity contribution in [2.45, 2.75) is 22.8 Å². The summed E-state index contributed by atoms with van der Waals surface area (Å²) in [5, 5.41) is 0.907. The molecule has 3 aromatic rings. The van der Waals surface area contributed by atoms with E-state index in [1.807, 2.05) is 10.8 Å². The molecule has 146 valence electrons. The largest absolute Gasteiger partial charge is 0.416 e. The minimum Gasteiger partial charge on any atom is -0.325 e. The van der Waals surface area contributed by atoms with E-state index in [0.29, 0.717) is 17.3 Å². The molecule has 1 N–H and O–H groups in total. The number of aromatic nitrogens is 2. The van der Waals surface area contributed by atoms with Crippen molar-refractivity contribution >= 4 is 27.5 Å². The molecule has 2 aromatic carbocycles. The third-order valence-electron chi connectivity index (χ3n) is 4.19. The van der Waals surface area contributed by atoms with E-state index in [2.05, 4.69) is 9.71 Å². The summed E-state index contributed by atoms with van der Waals surface area (Å²) in [6.45, 7) is 0.870. The number of hydrogen-bond acceptors (Lipinski definition) is 4. The van der Waals surface area contributed by atoms with Gasteiger partial charge in [-0.25, -0.2) is 13.4 Å². The van der Waals surface area contributed by atoms with E-state index in [-0.39, 0.29) is 5.69 Å². The lowest BCUT2D eigenvalue weighted by Gasteiger charge is -2.11. The number of rotatable bonds is 4. The maximum atomic E-state index is 12.9. The minimum absolute atomic E-state index is 0.246. The Labute approximate surface area is 163 Å². The van der Waals surface area contributed by atoms with Crippen molar-refractivity contribution in [2.24, 2.45) is 0 Å². The second kappa shape index (κ2) is 6.85. The van der Waals surface area contributed by atoms with Gasteiger partial charge < -0.3 is 4.57 Å². The normalized spacial score (nSPS) is 14.1. The molecule has 1 aromatic heterocycles. The first-order valence-corrected chi connectivity index (χ1v) is 10.7. The van der Waals surface area contributed by atoms with Gasteiger partial charge >= 0.3 is 6.18 Å². The van der Waals surface area contributed by atoms with Crippen LogP contribution in [0.2, 0.25) is 0 Å². The number of anilines is 1. The lowest BCUT2D eigenvalue weighted by Crippen LogP contribution is -2.14. The molecular formula is C18H14F3N3O2S2. The number of nitrogens with zero attached hydrogens (tertiary/aromatic N) is 2. The Hall–Kier alpha value is -2.46. The van der Waals surface area contributed by atoms with Crippen LogP contribution in [0.15, 0.2) is 64.8 Å². The van der Waals surface area contributed by atoms with E-state index in [1.165, 1.54) is 6.07 Å². The molecule has 10 heteroatoms. The molecule has 0 fully saturated rings. The molecule has 0 amide bonds. The number of halogens is 3. The van der Waals surface area contributed by atoms with Crippen molar-refractivity contribution < 1.29 is 21.6 Å². The van der Waals surface area contributed by atoms with Gasteiger partial charge in [-0.05, 0) is 30.3 Å². The number of sulfonamides is 1. The van der Waals surface area contributed by atoms with E-state index in [9.17, 15) is 21.6 Å². The van der Waals surface area contributed by atoms with Crippen LogP contribution in [-0.2, 0) is 22.7 Å². The Kier molecular flexibility index (Phi) is 4.62. The Morgan fingerprint density at radius 2 is 1.89 bits per heavy atom. The van der Waals surface area contributed by atoms with E-state index in [1.54, 1.807) is 30.0 Å². The van der Waals surface area contributed by atoms with Gasteiger partial charge in [0.1, 0.15) is 0 Å². The summed E-state index contributed by atoms with van der Waals surface area (Å²) in [4.78, 5) is 4.07. The fraction of sp³-hybridized carbons (Fsp3) is 0.167. The van der Waals surface area contributed by atoms with Crippen LogP contribution in [-0.4, -0.2) is 23.7 Å². The SMILES string of the molecule is O=S(=O)(Nc1cccc(-c2cn3c(n2)SCC3)c1)c1cccc(C(F)(F)F)c1. The molecule has 1 aliphatic heterocycles. The highest BCUT2D eigenvalue weighted by Gasteiger charge is 2.31. The second-order valence-corrected chi connectivity index (χ2v) is 8.91. The molecule has 0 radical (unpaired) electrons. The van der Waals surface area contributed by atoms with Crippen molar-refractivity contribution in [3.63, 3.8) is 0 Å². The van der Waals surface area contributed by atoms with Gasteiger partial charge in [0.05, 0.1) is 16.2 Å². The van der Waals surface area contributed by atoms with Crippen LogP contribution >= 0.6 is 11.8 Å². The molecule has 0 unspecified atom stereocenters. The van der Waals surface area contributed by atoms with Gasteiger partial charge in [0.2, 0.25) is 0 Å². The molecule has 0 saturated heterocycles. The Bertz CT molecular complexity index is 1120. The molecular weight excluding hydrogens is 411 g/mol. The average Bonchev–Trinajstić information content (AvgIpc) is 3.23. The fourth-order valence-corrected chi connectivity index (χ4v) is 4.88. The molecule has 0 spiro atoms. The van der Waals surface area contributed by atoms with Gasteiger partial charge in [-0.1, -0.05) is 30.0 Å². The van der Waals surface area contributed by atoms with Crippen molar-refractivity contribution in [1.29, 1.82) is 0 Å². The van der Waals surface area contributed by atoms with Crippen molar-refractivity contribution in [3.8, 4) is 11.3 Å². The van der Waals surface area contributed by atoms with Gasteiger partial charge in [0.15, 0.2) is 5.16 Å². The average molecular weight is 425 g/mol. The summed E-state index contributed by atoms with van der Waals surface area (Å²) >= 11 is 1.65. The second-order valence-electron chi connectivity index (χ2n) is 6.16. The number of imidazole rings is 1. The summed E-state index contributed by atoms with van der Waals surface area (Å²) in [5.41, 5.74) is 0.652. The molecule has 5 nitrogen and oxygen atoms in total. The van der Waals surface area contributed by atoms with Crippen molar-refractivity contribution in [1.82, 2.24) is 9.55 Å². The first kappa shape index (κ1) is 18.9. The molecule has 0 atom stereocenters. The number of fused-ring (bicyclic) bond motifs is 1. The Balaban J connectivity index is 1.62. The monoisotopic (exact) mass is 425 g/mol. The van der Waals surface area contributed by atoms with Gasteiger partial charge in [0, 0.05) is 29.7 Å². The summed E-state index contributed by atoms with van der Waals surface area (Å²) < 4.78 is 68.0. The molecule has 4 rings (SSSR count). The highest BCUT2D eigenvalue weighted by atomic mass is 32.2. The van der Waals surface area contributed by atoms with Crippen LogP contribution in [0.25, 0.3) is 11.3 Å². The van der Waals surface area contributed by atoms with Crippen LogP contribution in [0.1, 0.15) is 5.56 Å². The standard InChI is InChI=1S/C18H14F3N3O2S2/c19-18(20,21)13-4-2-6-15(10-13)28(25,26)23-14-5-1-3-12(9-14)16-11-24-7-8-27-17(24)22-16/h1-6,9-11,23H,7-8H2. The number of hydrogen-bond donors (Lipinski definition) is 1. The van der Waals surface area contributed by atoms with Gasteiger partial charge in [-0.15, -0.1) is 0 Å². The van der Waals surface area contributed by atoms with E-state index < -0.39 is 26.7 Å². The zero-order valence-corrected chi connectivity index (χ0v) is 15.9. The van der Waals surface area contributed by atoms with E-state index in [0.717, 1.165) is 35.7 Å². The van der Waals surface area contributed by atoms with Crippen LogP contribution < -0.4 is 4.72 Å². The van der Waals surface area contributed by atoms with Crippen LogP contribution in [0, 0.1) is 0 Å². The number of alkyl halides is 3. The molecule has 0 saturated carbocycles. The first-order valence-electron chi connectivity index (χ1n) is 8.23. The minimum atomic E-state index is -4.62. The third kappa shape index (κ3) is 3.74. The zero-order chi connectivity index (χ0) is 19.9. The van der Waals surface area contributed by atoms with Gasteiger partial charge in [0.25, 0.3) is 10.0 Å². The summed E-state index contributed by atoms with van der Waals surface area (Å²) in [6.07, 6.45) is -2.72. The Morgan fingerprint density at radius 1 is 1.11 bits per heavy atom. The Morgan fingerprint density at radius 3 is 2.64 bits per heavy atom. The molecule has 1 aliphatic rings. The summed E-state index contributed by atoms with van der Waals surface area (Å²) in [6, 6.07) is 10.2. The number of benzene rings is 2. The quantitative estimate of drug-likeness (QED) is 0.670.